The first kappa shape index (κ1) is 75.4. The number of ether oxygens (including phenoxy) is 4. The monoisotopic (exact) mass is 1230 g/mol. The number of phenolic OH excluding ortho intramolecular Hbond substituents is 4. The van der Waals surface area contributed by atoms with Gasteiger partial charge < -0.3 is 39.4 Å². The van der Waals surface area contributed by atoms with Gasteiger partial charge in [0.15, 0.2) is 0 Å². The van der Waals surface area contributed by atoms with Gasteiger partial charge in [0.2, 0.25) is 0 Å². The van der Waals surface area contributed by atoms with Gasteiger partial charge in [0.25, 0.3) is 0 Å². The number of aromatic hydroxyl groups is 4. The summed E-state index contributed by atoms with van der Waals surface area (Å²) < 4.78 is 26.1. The Kier molecular flexibility index (Phi) is 27.8. The Labute approximate surface area is 536 Å². The quantitative estimate of drug-likeness (QED) is 0.0268. The summed E-state index contributed by atoms with van der Waals surface area (Å²) in [6, 6.07) is 15.5. The lowest BCUT2D eigenvalue weighted by atomic mass is 9.82. The second-order valence-corrected chi connectivity index (χ2v) is 30.3. The lowest BCUT2D eigenvalue weighted by Crippen LogP contribution is -2.45. The van der Waals surface area contributed by atoms with Gasteiger partial charge in [-0.2, -0.15) is 0 Å². The first-order chi connectivity index (χ1) is 41.4. The normalized spacial score (nSPS) is 14.3. The largest absolute Gasteiger partial charge is 0.507 e. The number of carbonyl (C=O) groups is 4. The van der Waals surface area contributed by atoms with Crippen LogP contribution in [0.4, 0.5) is 0 Å². The van der Waals surface area contributed by atoms with Gasteiger partial charge in [-0.25, -0.2) is 0 Å². The van der Waals surface area contributed by atoms with E-state index in [4.69, 9.17) is 18.9 Å². The fraction of sp³-hybridized carbons (Fsp3) is 0.636. The zero-order valence-corrected chi connectivity index (χ0v) is 58.6. The average Bonchev–Trinajstić information content (AvgIpc) is 1.32. The molecule has 0 heterocycles. The van der Waals surface area contributed by atoms with Crippen LogP contribution in [0, 0.1) is 56.8 Å². The van der Waals surface area contributed by atoms with E-state index in [1.165, 1.54) is 0 Å². The van der Waals surface area contributed by atoms with Crippen LogP contribution in [0.3, 0.4) is 0 Å². The van der Waals surface area contributed by atoms with Crippen molar-refractivity contribution < 1.29 is 58.6 Å². The Morgan fingerprint density at radius 2 is 0.517 bits per heavy atom. The predicted molar refractivity (Wildman–Crippen MR) is 359 cm³/mol. The van der Waals surface area contributed by atoms with Crippen molar-refractivity contribution >= 4 is 23.9 Å². The molecule has 0 amide bonds. The maximum Gasteiger partial charge on any atom is 0.309 e. The minimum Gasteiger partial charge on any atom is -0.507 e. The maximum absolute atomic E-state index is 15.0. The molecule has 4 aromatic rings. The highest BCUT2D eigenvalue weighted by molar-refractivity contribution is 5.75. The molecule has 4 N–H and O–H groups in total. The summed E-state index contributed by atoms with van der Waals surface area (Å²) in [5.41, 5.74) is 6.22. The fourth-order valence-electron chi connectivity index (χ4n) is 11.9. The van der Waals surface area contributed by atoms with E-state index < -0.39 is 79.4 Å². The van der Waals surface area contributed by atoms with Crippen LogP contribution in [0.1, 0.15) is 255 Å². The Morgan fingerprint density at radius 3 is 0.674 bits per heavy atom. The van der Waals surface area contributed by atoms with Crippen LogP contribution >= 0.6 is 0 Å². The minimum atomic E-state index is -1.61. The number of unbranched alkanes of at least 4 members (excludes halogenated alkanes) is 4. The van der Waals surface area contributed by atoms with Gasteiger partial charge >= 0.3 is 23.9 Å². The second kappa shape index (κ2) is 32.8. The standard InChI is InChI=1S/C77H116O12/c1-21-25-29-57(37-53-33-49(5)65(78)61(41-53)73(9,10)11)69(82)86-45-77(46-87-70(83)58(30-26-22-2)38-54-34-50(6)66(79)62(42-54)74(12,13)14,47-88-71(84)59(31-27-23-3)39-55-35-51(7)67(80)63(43-55)75(15,16)17)48-89-72(85)60(32-28-24-4)40-56-36-52(8)68(81)64(44-56)76(18,19)20/h33-36,41-44,57-60,78-81H,21-32,37-40,45-48H2,1-20H3. The van der Waals surface area contributed by atoms with Crippen molar-refractivity contribution in [2.45, 2.75) is 263 Å². The van der Waals surface area contributed by atoms with Crippen molar-refractivity contribution in [1.29, 1.82) is 0 Å². The highest BCUT2D eigenvalue weighted by atomic mass is 16.6. The zero-order chi connectivity index (χ0) is 67.0. The van der Waals surface area contributed by atoms with Crippen molar-refractivity contribution in [2.24, 2.45) is 29.1 Å². The van der Waals surface area contributed by atoms with Crippen LogP contribution in [0.25, 0.3) is 0 Å². The van der Waals surface area contributed by atoms with E-state index >= 15 is 19.2 Å². The Morgan fingerprint density at radius 1 is 0.337 bits per heavy atom. The van der Waals surface area contributed by atoms with Gasteiger partial charge in [-0.15, -0.1) is 0 Å². The Balaban J connectivity index is 1.93. The maximum atomic E-state index is 15.0. The molecule has 4 rings (SSSR count). The van der Waals surface area contributed by atoms with Crippen LogP contribution in [0.2, 0.25) is 0 Å². The summed E-state index contributed by atoms with van der Waals surface area (Å²) in [5, 5.41) is 44.8. The molecule has 4 atom stereocenters. The third kappa shape index (κ3) is 22.1. The molecule has 0 saturated carbocycles. The molecule has 0 aromatic heterocycles. The Hall–Kier alpha value is -6.04. The summed E-state index contributed by atoms with van der Waals surface area (Å²) >= 11 is 0. The van der Waals surface area contributed by atoms with Crippen LogP contribution < -0.4 is 0 Å². The summed E-state index contributed by atoms with van der Waals surface area (Å²) in [7, 11) is 0. The number of hydrogen-bond acceptors (Lipinski definition) is 12. The highest BCUT2D eigenvalue weighted by Gasteiger charge is 2.41. The van der Waals surface area contributed by atoms with E-state index in [2.05, 4.69) is 27.7 Å². The van der Waals surface area contributed by atoms with Crippen molar-refractivity contribution in [1.82, 2.24) is 0 Å². The third-order valence-corrected chi connectivity index (χ3v) is 17.6. The number of hydrogen-bond donors (Lipinski definition) is 4. The molecule has 4 aromatic carbocycles. The van der Waals surface area contributed by atoms with Crippen molar-refractivity contribution in [3.63, 3.8) is 0 Å². The molecular formula is C77H116O12. The molecule has 0 aliphatic carbocycles. The van der Waals surface area contributed by atoms with Crippen molar-refractivity contribution in [3.05, 3.63) is 115 Å². The third-order valence-electron chi connectivity index (χ3n) is 17.6. The number of rotatable bonds is 32. The number of benzene rings is 4. The number of aryl methyl sites for hydroxylation is 4. The lowest BCUT2D eigenvalue weighted by molar-refractivity contribution is -0.176. The molecule has 0 fully saturated rings. The zero-order valence-electron chi connectivity index (χ0n) is 58.6. The van der Waals surface area contributed by atoms with E-state index in [0.29, 0.717) is 73.6 Å². The van der Waals surface area contributed by atoms with E-state index in [0.717, 1.165) is 95.9 Å². The van der Waals surface area contributed by atoms with Gasteiger partial charge in [-0.1, -0.05) is 211 Å². The molecule has 0 radical (unpaired) electrons. The van der Waals surface area contributed by atoms with Crippen LogP contribution in [-0.2, 0) is 85.5 Å². The molecular weight excluding hydrogens is 1120 g/mol. The highest BCUT2D eigenvalue weighted by Crippen LogP contribution is 2.40. The van der Waals surface area contributed by atoms with Gasteiger partial charge in [0.05, 0.1) is 23.7 Å². The number of esters is 4. The Bertz CT molecular complexity index is 2590. The predicted octanol–water partition coefficient (Wildman–Crippen LogP) is 17.6. The van der Waals surface area contributed by atoms with E-state index in [9.17, 15) is 20.4 Å². The molecule has 89 heavy (non-hydrogen) atoms. The molecule has 4 unspecified atom stereocenters. The van der Waals surface area contributed by atoms with E-state index in [1.54, 1.807) is 0 Å². The molecule has 12 heteroatoms. The first-order valence-corrected chi connectivity index (χ1v) is 33.4. The smallest absolute Gasteiger partial charge is 0.309 e. The average molecular weight is 1230 g/mol. The number of phenols is 4. The van der Waals surface area contributed by atoms with Crippen LogP contribution in [0.15, 0.2) is 48.5 Å². The SMILES string of the molecule is CCCCC(Cc1cc(C)c(O)c(C(C)(C)C)c1)C(=O)OCC(COC(=O)C(CCCC)Cc1cc(C)c(O)c(C(C)(C)C)c1)(COC(=O)C(CCCC)Cc1cc(C)c(O)c(C(C)(C)C)c1)COC(=O)C(CCCC)Cc1cc(C)c(O)c(C(C)(C)C)c1. The lowest BCUT2D eigenvalue weighted by Gasteiger charge is -2.34. The molecule has 12 nitrogen and oxygen atoms in total. The van der Waals surface area contributed by atoms with Crippen LogP contribution in [0.5, 0.6) is 23.0 Å². The van der Waals surface area contributed by atoms with Gasteiger partial charge in [-0.3, -0.25) is 19.2 Å². The fourth-order valence-corrected chi connectivity index (χ4v) is 11.9. The van der Waals surface area contributed by atoms with Gasteiger partial charge in [0, 0.05) is 0 Å². The molecule has 0 aliphatic heterocycles. The van der Waals surface area contributed by atoms with E-state index in [1.807, 2.05) is 159 Å². The second-order valence-electron chi connectivity index (χ2n) is 30.3. The van der Waals surface area contributed by atoms with Crippen molar-refractivity contribution in [3.8, 4) is 23.0 Å². The van der Waals surface area contributed by atoms with E-state index in [-0.39, 0.29) is 44.7 Å². The molecule has 496 valence electrons. The molecule has 0 bridgehead atoms. The number of carbonyl (C=O) groups excluding carboxylic acids is 4. The van der Waals surface area contributed by atoms with Gasteiger partial charge in [-0.05, 0) is 167 Å². The minimum absolute atomic E-state index is 0.219. The molecule has 0 spiro atoms. The summed E-state index contributed by atoms with van der Waals surface area (Å²) in [5.74, 6) is -3.67. The first-order valence-electron chi connectivity index (χ1n) is 33.4. The summed E-state index contributed by atoms with van der Waals surface area (Å²) in [6.45, 7) is 38.4. The molecule has 0 saturated heterocycles. The van der Waals surface area contributed by atoms with Crippen LogP contribution in [-0.4, -0.2) is 70.7 Å². The van der Waals surface area contributed by atoms with Gasteiger partial charge in [0.1, 0.15) is 54.8 Å². The topological polar surface area (TPSA) is 186 Å². The summed E-state index contributed by atoms with van der Waals surface area (Å²) in [4.78, 5) is 60.1. The molecule has 0 aliphatic rings. The van der Waals surface area contributed by atoms with Crippen molar-refractivity contribution in [2.75, 3.05) is 26.4 Å². The summed E-state index contributed by atoms with van der Waals surface area (Å²) in [6.07, 6.45) is 9.46.